The molecule has 4 N–H and O–H groups in total. The monoisotopic (exact) mass is 498 g/mol. The van der Waals surface area contributed by atoms with Crippen molar-refractivity contribution in [3.05, 3.63) is 76.6 Å². The van der Waals surface area contributed by atoms with E-state index in [0.29, 0.717) is 29.8 Å². The first-order valence-corrected chi connectivity index (χ1v) is 13.1. The number of amides is 2. The molecule has 2 aliphatic heterocycles. The molecular weight excluding hydrogens is 464 g/mol. The van der Waals surface area contributed by atoms with Gasteiger partial charge in [-0.3, -0.25) is 9.59 Å². The summed E-state index contributed by atoms with van der Waals surface area (Å²) in [5.41, 5.74) is 7.04. The summed E-state index contributed by atoms with van der Waals surface area (Å²) in [6.07, 6.45) is 5.80. The second-order valence-corrected chi connectivity index (χ2v) is 9.85. The molecule has 0 radical (unpaired) electrons. The second kappa shape index (κ2) is 11.2. The van der Waals surface area contributed by atoms with Crippen LogP contribution in [0.3, 0.4) is 0 Å². The highest BCUT2D eigenvalue weighted by atomic mass is 16.3. The Morgan fingerprint density at radius 2 is 1.95 bits per heavy atom. The van der Waals surface area contributed by atoms with Crippen molar-refractivity contribution in [1.29, 1.82) is 0 Å². The predicted octanol–water partition coefficient (Wildman–Crippen LogP) is 4.23. The normalized spacial score (nSPS) is 16.3. The van der Waals surface area contributed by atoms with E-state index in [4.69, 9.17) is 0 Å². The second-order valence-electron chi connectivity index (χ2n) is 9.85. The van der Waals surface area contributed by atoms with E-state index in [9.17, 15) is 14.7 Å². The molecule has 7 heteroatoms. The van der Waals surface area contributed by atoms with Crippen LogP contribution < -0.4 is 10.6 Å². The van der Waals surface area contributed by atoms with Crippen molar-refractivity contribution in [2.45, 2.75) is 32.6 Å². The van der Waals surface area contributed by atoms with Gasteiger partial charge >= 0.3 is 0 Å². The Morgan fingerprint density at radius 3 is 2.76 bits per heavy atom. The number of aryl methyl sites for hydroxylation is 1. The number of hydrogen-bond donors (Lipinski definition) is 4. The third-order valence-electron chi connectivity index (χ3n) is 7.12. The average molecular weight is 499 g/mol. The number of likely N-dealkylation sites (tertiary alicyclic amines) is 1. The summed E-state index contributed by atoms with van der Waals surface area (Å²) < 4.78 is 0. The number of aliphatic hydroxyl groups is 1. The highest BCUT2D eigenvalue weighted by Gasteiger charge is 2.28. The largest absolute Gasteiger partial charge is 0.396 e. The van der Waals surface area contributed by atoms with Crippen LogP contribution in [0.1, 0.15) is 52.1 Å². The smallest absolute Gasteiger partial charge is 0.256 e. The quantitative estimate of drug-likeness (QED) is 0.262. The van der Waals surface area contributed by atoms with Crippen molar-refractivity contribution < 1.29 is 14.7 Å². The average Bonchev–Trinajstić information content (AvgIpc) is 3.62. The molecule has 3 heterocycles. The van der Waals surface area contributed by atoms with Crippen LogP contribution in [0.2, 0.25) is 0 Å². The molecular formula is C30H34N4O3. The lowest BCUT2D eigenvalue weighted by molar-refractivity contribution is -0.110. The Kier molecular flexibility index (Phi) is 7.53. The number of nitrogens with zero attached hydrogens (tertiary/aromatic N) is 1. The van der Waals surface area contributed by atoms with E-state index in [1.807, 2.05) is 55.5 Å². The van der Waals surface area contributed by atoms with E-state index in [0.717, 1.165) is 59.7 Å². The number of anilines is 1. The number of carbonyl (C=O) groups excluding carboxylic acids is 2. The molecule has 5 rings (SSSR count). The van der Waals surface area contributed by atoms with E-state index < -0.39 is 0 Å². The van der Waals surface area contributed by atoms with Crippen molar-refractivity contribution in [3.63, 3.8) is 0 Å². The first-order chi connectivity index (χ1) is 18.0. The molecule has 0 saturated carbocycles. The van der Waals surface area contributed by atoms with E-state index >= 15 is 0 Å². The lowest BCUT2D eigenvalue weighted by Gasteiger charge is -2.14. The van der Waals surface area contributed by atoms with E-state index in [2.05, 4.69) is 20.5 Å². The molecule has 192 valence electrons. The number of nitrogens with one attached hydrogen (secondary N) is 3. The number of rotatable bonds is 9. The van der Waals surface area contributed by atoms with Crippen molar-refractivity contribution in [2.24, 2.45) is 0 Å². The zero-order valence-corrected chi connectivity index (χ0v) is 21.3. The molecule has 7 nitrogen and oxygen atoms in total. The molecule has 2 aromatic carbocycles. The Labute approximate surface area is 217 Å². The summed E-state index contributed by atoms with van der Waals surface area (Å²) in [4.78, 5) is 31.9. The third-order valence-corrected chi connectivity index (χ3v) is 7.12. The van der Waals surface area contributed by atoms with Crippen LogP contribution in [0.4, 0.5) is 5.69 Å². The van der Waals surface area contributed by atoms with Gasteiger partial charge in [0.15, 0.2) is 0 Å². The molecule has 1 aromatic heterocycles. The minimum Gasteiger partial charge on any atom is -0.396 e. The van der Waals surface area contributed by atoms with Crippen LogP contribution in [0, 0.1) is 6.92 Å². The zero-order valence-electron chi connectivity index (χ0n) is 21.3. The summed E-state index contributed by atoms with van der Waals surface area (Å²) in [7, 11) is 0. The summed E-state index contributed by atoms with van der Waals surface area (Å²) in [5.74, 6) is -0.334. The van der Waals surface area contributed by atoms with Crippen LogP contribution in [0.5, 0.6) is 0 Å². The van der Waals surface area contributed by atoms with Gasteiger partial charge in [-0.2, -0.15) is 0 Å². The fraction of sp³-hybridized carbons (Fsp3) is 0.333. The van der Waals surface area contributed by atoms with Crippen LogP contribution in [0.25, 0.3) is 22.8 Å². The molecule has 2 aliphatic rings. The minimum absolute atomic E-state index is 0.0802. The molecule has 37 heavy (non-hydrogen) atoms. The van der Waals surface area contributed by atoms with Gasteiger partial charge in [-0.1, -0.05) is 36.4 Å². The number of fused-ring (bicyclic) bond motifs is 1. The summed E-state index contributed by atoms with van der Waals surface area (Å²) >= 11 is 0. The molecule has 1 saturated heterocycles. The van der Waals surface area contributed by atoms with Gasteiger partial charge < -0.3 is 25.6 Å². The number of aromatic amines is 1. The maximum absolute atomic E-state index is 13.1. The zero-order chi connectivity index (χ0) is 25.8. The number of carbonyl (C=O) groups is 2. The van der Waals surface area contributed by atoms with Gasteiger partial charge in [0, 0.05) is 30.1 Å². The fourth-order valence-electron chi connectivity index (χ4n) is 5.31. The number of H-pyrrole nitrogens is 1. The van der Waals surface area contributed by atoms with Crippen molar-refractivity contribution in [1.82, 2.24) is 15.2 Å². The Morgan fingerprint density at radius 1 is 1.14 bits per heavy atom. The van der Waals surface area contributed by atoms with Gasteiger partial charge in [-0.25, -0.2) is 0 Å². The fourth-order valence-corrected chi connectivity index (χ4v) is 5.31. The molecule has 0 atom stereocenters. The van der Waals surface area contributed by atoms with Crippen molar-refractivity contribution >= 4 is 29.2 Å². The van der Waals surface area contributed by atoms with E-state index in [1.165, 1.54) is 12.8 Å². The first-order valence-electron chi connectivity index (χ1n) is 13.1. The van der Waals surface area contributed by atoms with Gasteiger partial charge in [-0.05, 0) is 87.1 Å². The molecule has 2 amide bonds. The highest BCUT2D eigenvalue weighted by molar-refractivity contribution is 6.36. The lowest BCUT2D eigenvalue weighted by atomic mass is 9.93. The van der Waals surface area contributed by atoms with E-state index in [-0.39, 0.29) is 18.4 Å². The predicted molar refractivity (Wildman–Crippen MR) is 147 cm³/mol. The van der Waals surface area contributed by atoms with Crippen LogP contribution in [-0.2, 0) is 11.2 Å². The number of hydrogen-bond acceptors (Lipinski definition) is 4. The Bertz CT molecular complexity index is 1330. The standard InChI is InChI=1S/C30H34N4O3/c1-20-17-24(29(36)31-12-6-15-34-13-2-3-14-34)27(32-20)19-25-28-23(9-5-10-26(28)33-30(25)37)22-8-4-7-21(18-22)11-16-35/h4-5,7-10,17-19,32,35H,2-3,6,11-16H2,1H3,(H,31,36)(H,33,37)/b25-19-. The van der Waals surface area contributed by atoms with Gasteiger partial charge in [0.05, 0.1) is 16.8 Å². The molecule has 3 aromatic rings. The van der Waals surface area contributed by atoms with Crippen molar-refractivity contribution in [3.8, 4) is 11.1 Å². The molecule has 0 spiro atoms. The number of benzene rings is 2. The lowest BCUT2D eigenvalue weighted by Crippen LogP contribution is -2.28. The number of aliphatic hydroxyl groups excluding tert-OH is 1. The topological polar surface area (TPSA) is 97.5 Å². The maximum atomic E-state index is 13.1. The molecule has 1 fully saturated rings. The van der Waals surface area contributed by atoms with Crippen LogP contribution in [-0.4, -0.2) is 59.6 Å². The van der Waals surface area contributed by atoms with Gasteiger partial charge in [0.1, 0.15) is 0 Å². The van der Waals surface area contributed by atoms with Crippen LogP contribution >= 0.6 is 0 Å². The summed E-state index contributed by atoms with van der Waals surface area (Å²) in [6.45, 7) is 5.92. The first kappa shape index (κ1) is 25.0. The molecule has 0 unspecified atom stereocenters. The van der Waals surface area contributed by atoms with Gasteiger partial charge in [0.25, 0.3) is 11.8 Å². The van der Waals surface area contributed by atoms with Gasteiger partial charge in [-0.15, -0.1) is 0 Å². The summed E-state index contributed by atoms with van der Waals surface area (Å²) in [6, 6.07) is 15.7. The SMILES string of the molecule is Cc1cc(C(=O)NCCCN2CCCC2)c(/C=C2\C(=O)Nc3cccc(-c4cccc(CCO)c4)c32)[nH]1. The minimum atomic E-state index is -0.196. The Balaban J connectivity index is 1.41. The van der Waals surface area contributed by atoms with Gasteiger partial charge in [0.2, 0.25) is 0 Å². The third kappa shape index (κ3) is 5.53. The summed E-state index contributed by atoms with van der Waals surface area (Å²) in [5, 5.41) is 15.4. The number of aromatic nitrogens is 1. The van der Waals surface area contributed by atoms with Crippen molar-refractivity contribution in [2.75, 3.05) is 38.1 Å². The Hall–Kier alpha value is -3.68. The highest BCUT2D eigenvalue weighted by Crippen LogP contribution is 2.40. The molecule has 0 bridgehead atoms. The van der Waals surface area contributed by atoms with E-state index in [1.54, 1.807) is 6.08 Å². The maximum Gasteiger partial charge on any atom is 0.256 e. The molecule has 0 aliphatic carbocycles. The van der Waals surface area contributed by atoms with Crippen LogP contribution in [0.15, 0.2) is 48.5 Å².